The highest BCUT2D eigenvalue weighted by molar-refractivity contribution is 7.76. The number of aliphatic hydroxyl groups is 2. The van der Waals surface area contributed by atoms with Gasteiger partial charge < -0.3 is 10.2 Å². The van der Waals surface area contributed by atoms with E-state index >= 15 is 0 Å². The normalized spacial score (nSPS) is 29.6. The van der Waals surface area contributed by atoms with Crippen molar-refractivity contribution in [2.45, 2.75) is 25.2 Å². The third kappa shape index (κ3) is 1.97. The van der Waals surface area contributed by atoms with Gasteiger partial charge in [0.15, 0.2) is 6.29 Å². The van der Waals surface area contributed by atoms with Crippen molar-refractivity contribution >= 4 is 11.3 Å². The summed E-state index contributed by atoms with van der Waals surface area (Å²) < 4.78 is 20.3. The van der Waals surface area contributed by atoms with Gasteiger partial charge in [-0.1, -0.05) is 0 Å². The molecule has 0 amide bonds. The summed E-state index contributed by atoms with van der Waals surface area (Å²) in [6.45, 7) is 0.450. The molecule has 1 saturated heterocycles. The Morgan fingerprint density at radius 1 is 1.55 bits per heavy atom. The van der Waals surface area contributed by atoms with Crippen molar-refractivity contribution in [1.29, 1.82) is 0 Å². The molecule has 6 heteroatoms. The highest BCUT2D eigenvalue weighted by Gasteiger charge is 2.32. The van der Waals surface area contributed by atoms with Crippen LogP contribution >= 0.6 is 0 Å². The summed E-state index contributed by atoms with van der Waals surface area (Å²) >= 11 is -2.08. The van der Waals surface area contributed by atoms with Crippen LogP contribution in [-0.4, -0.2) is 42.2 Å². The fourth-order valence-electron chi connectivity index (χ4n) is 1.26. The molecule has 0 spiro atoms. The van der Waals surface area contributed by atoms with Crippen molar-refractivity contribution in [3.63, 3.8) is 0 Å². The van der Waals surface area contributed by atoms with Crippen LogP contribution in [0.3, 0.4) is 0 Å². The zero-order chi connectivity index (χ0) is 8.43. The SMILES string of the molecule is O=S(O)N1CCC[C@H]1C(O)O. The maximum Gasteiger partial charge on any atom is 0.234 e. The quantitative estimate of drug-likeness (QED) is 0.373. The van der Waals surface area contributed by atoms with Gasteiger partial charge in [-0.05, 0) is 12.8 Å². The molecule has 11 heavy (non-hydrogen) atoms. The average Bonchev–Trinajstić information content (AvgIpc) is 2.32. The van der Waals surface area contributed by atoms with Gasteiger partial charge in [-0.3, -0.25) is 4.55 Å². The topological polar surface area (TPSA) is 81.0 Å². The van der Waals surface area contributed by atoms with E-state index in [1.807, 2.05) is 0 Å². The van der Waals surface area contributed by atoms with E-state index in [0.29, 0.717) is 13.0 Å². The fourth-order valence-corrected chi connectivity index (χ4v) is 1.99. The van der Waals surface area contributed by atoms with Crippen LogP contribution in [0.25, 0.3) is 0 Å². The molecule has 0 aromatic carbocycles. The second kappa shape index (κ2) is 3.59. The van der Waals surface area contributed by atoms with E-state index in [-0.39, 0.29) is 0 Å². The van der Waals surface area contributed by atoms with Gasteiger partial charge in [0.05, 0.1) is 6.04 Å². The van der Waals surface area contributed by atoms with Crippen LogP contribution in [0.15, 0.2) is 0 Å². The Morgan fingerprint density at radius 2 is 2.18 bits per heavy atom. The van der Waals surface area contributed by atoms with Crippen LogP contribution in [0, 0.1) is 0 Å². The molecule has 1 rings (SSSR count). The molecule has 2 atom stereocenters. The Hall–Kier alpha value is -0.0100. The van der Waals surface area contributed by atoms with Gasteiger partial charge in [-0.15, -0.1) is 0 Å². The molecule has 5 nitrogen and oxygen atoms in total. The van der Waals surface area contributed by atoms with Crippen molar-refractivity contribution in [3.8, 4) is 0 Å². The van der Waals surface area contributed by atoms with Crippen molar-refractivity contribution in [3.05, 3.63) is 0 Å². The molecule has 1 fully saturated rings. The zero-order valence-electron chi connectivity index (χ0n) is 5.88. The van der Waals surface area contributed by atoms with Gasteiger partial charge in [-0.2, -0.15) is 4.31 Å². The minimum atomic E-state index is -2.08. The maximum atomic E-state index is 10.5. The molecular weight excluding hydrogens is 170 g/mol. The smallest absolute Gasteiger partial charge is 0.234 e. The maximum absolute atomic E-state index is 10.5. The molecule has 0 bridgehead atoms. The summed E-state index contributed by atoms with van der Waals surface area (Å²) in [5.41, 5.74) is 0. The number of nitrogens with zero attached hydrogens (tertiary/aromatic N) is 1. The van der Waals surface area contributed by atoms with Crippen molar-refractivity contribution in [2.75, 3.05) is 6.54 Å². The molecule has 66 valence electrons. The molecule has 0 aromatic heterocycles. The van der Waals surface area contributed by atoms with E-state index in [9.17, 15) is 4.21 Å². The highest BCUT2D eigenvalue weighted by atomic mass is 32.2. The third-order valence-corrected chi connectivity index (χ3v) is 2.65. The molecule has 1 aliphatic heterocycles. The summed E-state index contributed by atoms with van der Waals surface area (Å²) in [5.74, 6) is 0. The van der Waals surface area contributed by atoms with Gasteiger partial charge in [0, 0.05) is 6.54 Å². The van der Waals surface area contributed by atoms with E-state index < -0.39 is 23.6 Å². The summed E-state index contributed by atoms with van der Waals surface area (Å²) in [5, 5.41) is 17.5. The van der Waals surface area contributed by atoms with Crippen LogP contribution in [0.1, 0.15) is 12.8 Å². The molecule has 3 N–H and O–H groups in total. The van der Waals surface area contributed by atoms with Crippen molar-refractivity contribution in [1.82, 2.24) is 4.31 Å². The molecule has 1 heterocycles. The lowest BCUT2D eigenvalue weighted by Gasteiger charge is -2.20. The average molecular weight is 181 g/mol. The highest BCUT2D eigenvalue weighted by Crippen LogP contribution is 2.19. The van der Waals surface area contributed by atoms with E-state index in [0.717, 1.165) is 6.42 Å². The van der Waals surface area contributed by atoms with Gasteiger partial charge in [0.2, 0.25) is 11.3 Å². The van der Waals surface area contributed by atoms with Crippen LogP contribution in [0.4, 0.5) is 0 Å². The first-order valence-electron chi connectivity index (χ1n) is 3.36. The first-order chi connectivity index (χ1) is 5.13. The lowest BCUT2D eigenvalue weighted by molar-refractivity contribution is -0.0770. The molecule has 0 saturated carbocycles. The van der Waals surface area contributed by atoms with Crippen LogP contribution in [-0.2, 0) is 11.3 Å². The summed E-state index contributed by atoms with van der Waals surface area (Å²) in [6.07, 6.45) is -0.230. The standard InChI is InChI=1S/C5H11NO4S/c7-5(8)4-2-1-3-6(4)11(9)10/h4-5,7-8H,1-3H2,(H,9,10)/t4-/m0/s1. The largest absolute Gasteiger partial charge is 0.367 e. The number of aliphatic hydroxyl groups excluding tert-OH is 1. The Balaban J connectivity index is 2.58. The fraction of sp³-hybridized carbons (Fsp3) is 1.00. The van der Waals surface area contributed by atoms with Crippen molar-refractivity contribution < 1.29 is 19.0 Å². The molecular formula is C5H11NO4S. The Morgan fingerprint density at radius 3 is 2.55 bits per heavy atom. The molecule has 0 aliphatic carbocycles. The monoisotopic (exact) mass is 181 g/mol. The third-order valence-electron chi connectivity index (χ3n) is 1.79. The van der Waals surface area contributed by atoms with E-state index in [2.05, 4.69) is 0 Å². The molecule has 1 unspecified atom stereocenters. The van der Waals surface area contributed by atoms with Gasteiger partial charge in [0.1, 0.15) is 0 Å². The predicted molar refractivity (Wildman–Crippen MR) is 38.7 cm³/mol. The van der Waals surface area contributed by atoms with E-state index in [1.54, 1.807) is 0 Å². The minimum absolute atomic E-state index is 0.450. The zero-order valence-corrected chi connectivity index (χ0v) is 6.70. The second-order valence-electron chi connectivity index (χ2n) is 2.49. The Labute approximate surface area is 67.1 Å². The van der Waals surface area contributed by atoms with Crippen LogP contribution in [0.2, 0.25) is 0 Å². The van der Waals surface area contributed by atoms with Crippen LogP contribution < -0.4 is 0 Å². The second-order valence-corrected chi connectivity index (χ2v) is 3.43. The predicted octanol–water partition coefficient (Wildman–Crippen LogP) is -1.10. The number of hydrogen-bond acceptors (Lipinski definition) is 3. The number of hydrogen-bond donors (Lipinski definition) is 3. The van der Waals surface area contributed by atoms with E-state index in [4.69, 9.17) is 14.8 Å². The minimum Gasteiger partial charge on any atom is -0.367 e. The van der Waals surface area contributed by atoms with E-state index in [1.165, 1.54) is 4.31 Å². The lowest BCUT2D eigenvalue weighted by atomic mass is 10.2. The summed E-state index contributed by atoms with van der Waals surface area (Å²) in [6, 6.07) is -0.583. The Kier molecular flexibility index (Phi) is 2.97. The Bertz CT molecular complexity index is 163. The van der Waals surface area contributed by atoms with Gasteiger partial charge in [0.25, 0.3) is 0 Å². The van der Waals surface area contributed by atoms with Gasteiger partial charge >= 0.3 is 0 Å². The summed E-state index contributed by atoms with van der Waals surface area (Å²) in [4.78, 5) is 0. The van der Waals surface area contributed by atoms with Crippen LogP contribution in [0.5, 0.6) is 0 Å². The molecule has 0 aromatic rings. The van der Waals surface area contributed by atoms with Gasteiger partial charge in [-0.25, -0.2) is 4.21 Å². The van der Waals surface area contributed by atoms with Crippen molar-refractivity contribution in [2.24, 2.45) is 0 Å². The molecule has 0 radical (unpaired) electrons. The first-order valence-corrected chi connectivity index (χ1v) is 4.43. The summed E-state index contributed by atoms with van der Waals surface area (Å²) in [7, 11) is 0. The first kappa shape index (κ1) is 9.08. The lowest BCUT2D eigenvalue weighted by Crippen LogP contribution is -2.39. The number of rotatable bonds is 2. The molecule has 1 aliphatic rings.